The number of carbonyl (C=O) groups is 1. The largest absolute Gasteiger partial charge is 0.497 e. The number of imidazole rings is 1. The van der Waals surface area contributed by atoms with Crippen LogP contribution < -0.4 is 20.5 Å². The zero-order valence-corrected chi connectivity index (χ0v) is 19.0. The van der Waals surface area contributed by atoms with Crippen molar-refractivity contribution in [3.05, 3.63) is 70.6 Å². The van der Waals surface area contributed by atoms with E-state index in [1.54, 1.807) is 22.6 Å². The van der Waals surface area contributed by atoms with Crippen molar-refractivity contribution in [3.63, 3.8) is 0 Å². The molecule has 0 saturated carbocycles. The van der Waals surface area contributed by atoms with Gasteiger partial charge in [-0.2, -0.15) is 0 Å². The average molecular weight is 469 g/mol. The van der Waals surface area contributed by atoms with E-state index in [-0.39, 0.29) is 6.61 Å². The van der Waals surface area contributed by atoms with E-state index < -0.39 is 11.7 Å². The number of nitrogens with two attached hydrogens (primary N) is 1. The normalized spacial score (nSPS) is 10.9. The third-order valence-electron chi connectivity index (χ3n) is 5.16. The van der Waals surface area contributed by atoms with Gasteiger partial charge < -0.3 is 20.5 Å². The van der Waals surface area contributed by atoms with Crippen molar-refractivity contribution in [2.24, 2.45) is 5.73 Å². The molecule has 2 aromatic carbocycles. The van der Waals surface area contributed by atoms with E-state index >= 15 is 0 Å². The maximum absolute atomic E-state index is 14.2. The molecule has 0 aliphatic rings. The Bertz CT molecular complexity index is 1350. The lowest BCUT2D eigenvalue weighted by Gasteiger charge is -2.17. The fourth-order valence-corrected chi connectivity index (χ4v) is 3.90. The summed E-state index contributed by atoms with van der Waals surface area (Å²) in [6.45, 7) is 3.45. The molecule has 0 bridgehead atoms. The van der Waals surface area contributed by atoms with E-state index in [0.29, 0.717) is 44.9 Å². The third kappa shape index (κ3) is 4.42. The van der Waals surface area contributed by atoms with Crippen LogP contribution in [0, 0.1) is 19.7 Å². The second-order valence-electron chi connectivity index (χ2n) is 7.51. The number of hydrogen-bond acceptors (Lipinski definition) is 5. The van der Waals surface area contributed by atoms with Gasteiger partial charge in [0, 0.05) is 17.8 Å². The SMILES string of the molecule is COc1cc(C)c(-c2nc3ccc(F)cn3c2Nc2c(C)cccc2Cl)c(OCC(N)=O)c1. The molecule has 0 aliphatic carbocycles. The Hall–Kier alpha value is -3.78. The molecule has 0 aliphatic heterocycles. The molecule has 1 amide bonds. The molecular weight excluding hydrogens is 447 g/mol. The molecule has 0 spiro atoms. The number of halogens is 2. The van der Waals surface area contributed by atoms with Gasteiger partial charge >= 0.3 is 0 Å². The van der Waals surface area contributed by atoms with Crippen LogP contribution in [0.3, 0.4) is 0 Å². The highest BCUT2D eigenvalue weighted by atomic mass is 35.5. The summed E-state index contributed by atoms with van der Waals surface area (Å²) < 4.78 is 26.9. The van der Waals surface area contributed by atoms with Crippen LogP contribution in [0.1, 0.15) is 11.1 Å². The Morgan fingerprint density at radius 3 is 2.70 bits per heavy atom. The minimum absolute atomic E-state index is 0.325. The lowest BCUT2D eigenvalue weighted by Crippen LogP contribution is -2.20. The molecule has 4 rings (SSSR count). The maximum atomic E-state index is 14.2. The predicted molar refractivity (Wildman–Crippen MR) is 126 cm³/mol. The van der Waals surface area contributed by atoms with Gasteiger partial charge in [-0.3, -0.25) is 9.20 Å². The Morgan fingerprint density at radius 2 is 2.00 bits per heavy atom. The second-order valence-corrected chi connectivity index (χ2v) is 7.92. The molecule has 0 atom stereocenters. The zero-order chi connectivity index (χ0) is 23.7. The minimum Gasteiger partial charge on any atom is -0.497 e. The number of para-hydroxylation sites is 1. The van der Waals surface area contributed by atoms with Crippen molar-refractivity contribution in [2.75, 3.05) is 19.0 Å². The van der Waals surface area contributed by atoms with Crippen LogP contribution in [0.5, 0.6) is 11.5 Å². The number of aryl methyl sites for hydroxylation is 2. The summed E-state index contributed by atoms with van der Waals surface area (Å²) in [4.78, 5) is 16.1. The molecule has 0 unspecified atom stereocenters. The van der Waals surface area contributed by atoms with Gasteiger partial charge in [-0.05, 0) is 49.2 Å². The van der Waals surface area contributed by atoms with E-state index in [0.717, 1.165) is 11.1 Å². The lowest BCUT2D eigenvalue weighted by molar-refractivity contribution is -0.119. The van der Waals surface area contributed by atoms with E-state index in [1.165, 1.54) is 19.4 Å². The fourth-order valence-electron chi connectivity index (χ4n) is 3.63. The Kier molecular flexibility index (Phi) is 6.11. The molecule has 170 valence electrons. The van der Waals surface area contributed by atoms with Gasteiger partial charge in [0.25, 0.3) is 5.91 Å². The fraction of sp³-hybridized carbons (Fsp3) is 0.167. The van der Waals surface area contributed by atoms with Gasteiger partial charge in [0.1, 0.15) is 34.5 Å². The summed E-state index contributed by atoms with van der Waals surface area (Å²) in [5.41, 5.74) is 9.24. The van der Waals surface area contributed by atoms with Crippen LogP contribution in [-0.4, -0.2) is 29.0 Å². The second kappa shape index (κ2) is 8.99. The summed E-state index contributed by atoms with van der Waals surface area (Å²) in [5.74, 6) is 0.332. The summed E-state index contributed by atoms with van der Waals surface area (Å²) in [7, 11) is 1.53. The number of aromatic nitrogens is 2. The number of ether oxygens (including phenoxy) is 2. The number of nitrogens with zero attached hydrogens (tertiary/aromatic N) is 2. The van der Waals surface area contributed by atoms with Crippen LogP contribution in [0.4, 0.5) is 15.9 Å². The molecule has 4 aromatic rings. The molecule has 0 radical (unpaired) electrons. The molecule has 0 fully saturated rings. The highest BCUT2D eigenvalue weighted by Gasteiger charge is 2.23. The zero-order valence-electron chi connectivity index (χ0n) is 18.3. The van der Waals surface area contributed by atoms with Gasteiger partial charge in [0.15, 0.2) is 6.61 Å². The van der Waals surface area contributed by atoms with Crippen LogP contribution in [0.2, 0.25) is 5.02 Å². The molecule has 7 nitrogen and oxygen atoms in total. The maximum Gasteiger partial charge on any atom is 0.255 e. The number of anilines is 2. The van der Waals surface area contributed by atoms with Crippen LogP contribution in [0.25, 0.3) is 16.9 Å². The smallest absolute Gasteiger partial charge is 0.255 e. The predicted octanol–water partition coefficient (Wildman–Crippen LogP) is 5.03. The topological polar surface area (TPSA) is 90.9 Å². The minimum atomic E-state index is -0.622. The first-order chi connectivity index (χ1) is 15.8. The third-order valence-corrected chi connectivity index (χ3v) is 5.48. The van der Waals surface area contributed by atoms with Crippen LogP contribution in [-0.2, 0) is 4.79 Å². The van der Waals surface area contributed by atoms with Crippen molar-refractivity contribution in [1.82, 2.24) is 9.38 Å². The molecular formula is C24H22ClFN4O3. The Morgan fingerprint density at radius 1 is 1.21 bits per heavy atom. The summed E-state index contributed by atoms with van der Waals surface area (Å²) in [6, 6.07) is 11.9. The Balaban J connectivity index is 1.98. The number of pyridine rings is 1. The van der Waals surface area contributed by atoms with Gasteiger partial charge in [-0.15, -0.1) is 0 Å². The average Bonchev–Trinajstić information content (AvgIpc) is 3.11. The van der Waals surface area contributed by atoms with Crippen molar-refractivity contribution in [3.8, 4) is 22.8 Å². The van der Waals surface area contributed by atoms with Crippen molar-refractivity contribution in [1.29, 1.82) is 0 Å². The highest BCUT2D eigenvalue weighted by molar-refractivity contribution is 6.33. The molecule has 0 saturated heterocycles. The number of amides is 1. The monoisotopic (exact) mass is 468 g/mol. The number of hydrogen-bond donors (Lipinski definition) is 2. The number of rotatable bonds is 7. The van der Waals surface area contributed by atoms with Crippen molar-refractivity contribution < 1.29 is 18.7 Å². The number of benzene rings is 2. The van der Waals surface area contributed by atoms with Crippen LogP contribution >= 0.6 is 11.6 Å². The Labute approximate surface area is 194 Å². The molecule has 33 heavy (non-hydrogen) atoms. The van der Waals surface area contributed by atoms with Crippen LogP contribution in [0.15, 0.2) is 48.7 Å². The first-order valence-electron chi connectivity index (χ1n) is 10.1. The number of carbonyl (C=O) groups excluding carboxylic acids is 1. The lowest BCUT2D eigenvalue weighted by atomic mass is 10.0. The van der Waals surface area contributed by atoms with E-state index in [4.69, 9.17) is 31.8 Å². The molecule has 2 aromatic heterocycles. The molecule has 2 heterocycles. The quantitative estimate of drug-likeness (QED) is 0.397. The first kappa shape index (κ1) is 22.4. The number of methoxy groups -OCH3 is 1. The number of primary amides is 1. The van der Waals surface area contributed by atoms with E-state index in [1.807, 2.05) is 32.0 Å². The summed E-state index contributed by atoms with van der Waals surface area (Å²) in [5, 5.41) is 3.83. The van der Waals surface area contributed by atoms with Crippen molar-refractivity contribution in [2.45, 2.75) is 13.8 Å². The first-order valence-corrected chi connectivity index (χ1v) is 10.5. The van der Waals surface area contributed by atoms with Gasteiger partial charge in [0.2, 0.25) is 0 Å². The van der Waals surface area contributed by atoms with Gasteiger partial charge in [0.05, 0.1) is 17.8 Å². The number of fused-ring (bicyclic) bond motifs is 1. The van der Waals surface area contributed by atoms with Gasteiger partial charge in [-0.1, -0.05) is 23.7 Å². The van der Waals surface area contributed by atoms with Crippen molar-refractivity contribution >= 4 is 34.7 Å². The molecule has 3 N–H and O–H groups in total. The van der Waals surface area contributed by atoms with E-state index in [9.17, 15) is 9.18 Å². The highest BCUT2D eigenvalue weighted by Crippen LogP contribution is 2.42. The summed E-state index contributed by atoms with van der Waals surface area (Å²) >= 11 is 6.46. The van der Waals surface area contributed by atoms with Gasteiger partial charge in [-0.25, -0.2) is 9.37 Å². The van der Waals surface area contributed by atoms with E-state index in [2.05, 4.69) is 5.32 Å². The number of nitrogens with one attached hydrogen (secondary N) is 1. The molecule has 9 heteroatoms. The summed E-state index contributed by atoms with van der Waals surface area (Å²) in [6.07, 6.45) is 1.34. The standard InChI is InChI=1S/C24H22ClFN4O3/c1-13-5-4-6-17(25)22(13)29-24-23(28-20-8-7-15(26)11-30(20)24)21-14(2)9-16(32-3)10-18(21)33-12-19(27)31/h4-11,29H,12H2,1-3H3,(H2,27,31).